The third-order valence-corrected chi connectivity index (χ3v) is 5.18. The molecule has 1 saturated carbocycles. The van der Waals surface area contributed by atoms with Crippen LogP contribution in [0.3, 0.4) is 0 Å². The second-order valence-electron chi connectivity index (χ2n) is 5.98. The predicted molar refractivity (Wildman–Crippen MR) is 90.5 cm³/mol. The van der Waals surface area contributed by atoms with E-state index in [0.717, 1.165) is 16.5 Å². The molecule has 0 radical (unpaired) electrons. The molecule has 2 atom stereocenters. The van der Waals surface area contributed by atoms with E-state index in [1.165, 1.54) is 0 Å². The van der Waals surface area contributed by atoms with Crippen molar-refractivity contribution in [3.63, 3.8) is 0 Å². The molecular formula is C18H23BrO3. The van der Waals surface area contributed by atoms with Crippen LogP contribution in [0.4, 0.5) is 0 Å². The van der Waals surface area contributed by atoms with Crippen molar-refractivity contribution in [2.24, 2.45) is 5.41 Å². The first kappa shape index (κ1) is 17.2. The van der Waals surface area contributed by atoms with E-state index in [-0.39, 0.29) is 5.97 Å². The summed E-state index contributed by atoms with van der Waals surface area (Å²) in [5, 5.41) is 11.1. The lowest BCUT2D eigenvalue weighted by molar-refractivity contribution is -0.171. The van der Waals surface area contributed by atoms with Gasteiger partial charge in [0.15, 0.2) is 0 Å². The van der Waals surface area contributed by atoms with Crippen LogP contribution in [-0.4, -0.2) is 23.3 Å². The minimum absolute atomic E-state index is 0.292. The molecule has 3 nitrogen and oxygen atoms in total. The molecule has 1 aliphatic rings. The van der Waals surface area contributed by atoms with Crippen LogP contribution in [0, 0.1) is 5.41 Å². The average molecular weight is 367 g/mol. The zero-order valence-electron chi connectivity index (χ0n) is 13.0. The molecule has 0 aromatic heterocycles. The Hall–Kier alpha value is -1.13. The smallest absolute Gasteiger partial charge is 0.315 e. The average Bonchev–Trinajstić information content (AvgIpc) is 2.80. The number of halogens is 1. The van der Waals surface area contributed by atoms with Gasteiger partial charge in [-0.1, -0.05) is 34.1 Å². The molecule has 0 unspecified atom stereocenters. The van der Waals surface area contributed by atoms with Crippen LogP contribution in [0.25, 0.3) is 0 Å². The van der Waals surface area contributed by atoms with E-state index in [0.29, 0.717) is 32.3 Å². The van der Waals surface area contributed by atoms with E-state index in [2.05, 4.69) is 22.5 Å². The van der Waals surface area contributed by atoms with Crippen LogP contribution in [-0.2, 0) is 16.0 Å². The predicted octanol–water partition coefficient (Wildman–Crippen LogP) is 4.03. The maximum absolute atomic E-state index is 12.7. The van der Waals surface area contributed by atoms with E-state index in [9.17, 15) is 9.90 Å². The summed E-state index contributed by atoms with van der Waals surface area (Å²) in [6.07, 6.45) is 4.66. The Kier molecular flexibility index (Phi) is 5.45. The highest BCUT2D eigenvalue weighted by atomic mass is 79.9. The molecule has 0 spiro atoms. The van der Waals surface area contributed by atoms with Gasteiger partial charge in [0.25, 0.3) is 0 Å². The summed E-state index contributed by atoms with van der Waals surface area (Å²) in [5.41, 5.74) is -0.931. The van der Waals surface area contributed by atoms with Crippen molar-refractivity contribution in [3.05, 3.63) is 47.0 Å². The molecule has 1 N–H and O–H groups in total. The topological polar surface area (TPSA) is 46.5 Å². The van der Waals surface area contributed by atoms with Crippen LogP contribution >= 0.6 is 15.9 Å². The molecule has 0 heterocycles. The highest BCUT2D eigenvalue weighted by Gasteiger charge is 2.58. The summed E-state index contributed by atoms with van der Waals surface area (Å²) < 4.78 is 6.32. The van der Waals surface area contributed by atoms with Gasteiger partial charge in [0, 0.05) is 4.47 Å². The largest absolute Gasteiger partial charge is 0.465 e. The van der Waals surface area contributed by atoms with E-state index < -0.39 is 11.0 Å². The van der Waals surface area contributed by atoms with Crippen LogP contribution in [0.2, 0.25) is 0 Å². The van der Waals surface area contributed by atoms with Gasteiger partial charge in [-0.05, 0) is 56.7 Å². The minimum atomic E-state index is -1.08. The van der Waals surface area contributed by atoms with Crippen molar-refractivity contribution in [2.45, 2.75) is 44.6 Å². The standard InChI is InChI=1S/C18H23BrO3/c1-3-10-18(21)12-5-11-17(18,16(20)22-4-2)13-14-6-8-15(19)9-7-14/h3,6-9,21H,1,4-5,10-13H2,2H3/t17-,18+/m1/s1. The van der Waals surface area contributed by atoms with Gasteiger partial charge in [0.2, 0.25) is 0 Å². The Balaban J connectivity index is 2.39. The molecule has 1 aromatic rings. The highest BCUT2D eigenvalue weighted by Crippen LogP contribution is 2.51. The van der Waals surface area contributed by atoms with Gasteiger partial charge in [-0.15, -0.1) is 6.58 Å². The van der Waals surface area contributed by atoms with Crippen LogP contribution in [0.5, 0.6) is 0 Å². The fourth-order valence-electron chi connectivity index (χ4n) is 3.53. The molecule has 0 aliphatic heterocycles. The van der Waals surface area contributed by atoms with Gasteiger partial charge in [0.05, 0.1) is 12.2 Å². The summed E-state index contributed by atoms with van der Waals surface area (Å²) >= 11 is 3.42. The number of benzene rings is 1. The third kappa shape index (κ3) is 3.13. The molecule has 0 bridgehead atoms. The second kappa shape index (κ2) is 6.97. The van der Waals surface area contributed by atoms with Crippen molar-refractivity contribution in [1.82, 2.24) is 0 Å². The van der Waals surface area contributed by atoms with Crippen molar-refractivity contribution in [3.8, 4) is 0 Å². The lowest BCUT2D eigenvalue weighted by atomic mass is 9.68. The normalized spacial score (nSPS) is 27.6. The minimum Gasteiger partial charge on any atom is -0.465 e. The number of hydrogen-bond donors (Lipinski definition) is 1. The molecule has 120 valence electrons. The van der Waals surface area contributed by atoms with Crippen molar-refractivity contribution in [1.29, 1.82) is 0 Å². The van der Waals surface area contributed by atoms with Gasteiger partial charge in [-0.2, -0.15) is 0 Å². The number of hydrogen-bond acceptors (Lipinski definition) is 3. The summed E-state index contributed by atoms with van der Waals surface area (Å²) in [7, 11) is 0. The first-order valence-electron chi connectivity index (χ1n) is 7.72. The Bertz CT molecular complexity index is 540. The first-order chi connectivity index (χ1) is 10.5. The number of rotatable bonds is 6. The highest BCUT2D eigenvalue weighted by molar-refractivity contribution is 9.10. The number of carbonyl (C=O) groups excluding carboxylic acids is 1. The molecule has 1 aromatic carbocycles. The van der Waals surface area contributed by atoms with E-state index in [4.69, 9.17) is 4.74 Å². The van der Waals surface area contributed by atoms with Crippen LogP contribution < -0.4 is 0 Å². The first-order valence-corrected chi connectivity index (χ1v) is 8.52. The van der Waals surface area contributed by atoms with E-state index in [1.54, 1.807) is 13.0 Å². The fraction of sp³-hybridized carbons (Fsp3) is 0.500. The van der Waals surface area contributed by atoms with Gasteiger partial charge < -0.3 is 9.84 Å². The van der Waals surface area contributed by atoms with E-state index >= 15 is 0 Å². The quantitative estimate of drug-likeness (QED) is 0.610. The second-order valence-corrected chi connectivity index (χ2v) is 6.90. The van der Waals surface area contributed by atoms with Crippen molar-refractivity contribution in [2.75, 3.05) is 6.61 Å². The fourth-order valence-corrected chi connectivity index (χ4v) is 3.79. The number of esters is 1. The van der Waals surface area contributed by atoms with E-state index in [1.807, 2.05) is 24.3 Å². The monoisotopic (exact) mass is 366 g/mol. The van der Waals surface area contributed by atoms with Gasteiger partial charge in [0.1, 0.15) is 5.41 Å². The molecule has 0 saturated heterocycles. The number of aliphatic hydroxyl groups is 1. The molecular weight excluding hydrogens is 344 g/mol. The molecule has 1 aliphatic carbocycles. The molecule has 2 rings (SSSR count). The number of ether oxygens (including phenoxy) is 1. The SMILES string of the molecule is C=CC[C@]1(O)CCC[C@@]1(Cc1ccc(Br)cc1)C(=O)OCC. The lowest BCUT2D eigenvalue weighted by Gasteiger charge is -2.40. The third-order valence-electron chi connectivity index (χ3n) is 4.65. The van der Waals surface area contributed by atoms with Crippen LogP contribution in [0.15, 0.2) is 41.4 Å². The summed E-state index contributed by atoms with van der Waals surface area (Å²) in [5.74, 6) is -0.292. The maximum Gasteiger partial charge on any atom is 0.315 e. The van der Waals surface area contributed by atoms with Crippen molar-refractivity contribution >= 4 is 21.9 Å². The summed E-state index contributed by atoms with van der Waals surface area (Å²) in [4.78, 5) is 12.7. The van der Waals surface area contributed by atoms with Gasteiger partial charge in [-0.3, -0.25) is 4.79 Å². The summed E-state index contributed by atoms with van der Waals surface area (Å²) in [6.45, 7) is 5.86. The Labute approximate surface area is 140 Å². The van der Waals surface area contributed by atoms with Gasteiger partial charge >= 0.3 is 5.97 Å². The molecule has 1 fully saturated rings. The Morgan fingerprint density at radius 1 is 1.41 bits per heavy atom. The Morgan fingerprint density at radius 2 is 2.09 bits per heavy atom. The maximum atomic E-state index is 12.7. The van der Waals surface area contributed by atoms with Crippen LogP contribution in [0.1, 0.15) is 38.2 Å². The zero-order chi connectivity index (χ0) is 16.2. The zero-order valence-corrected chi connectivity index (χ0v) is 14.6. The molecule has 22 heavy (non-hydrogen) atoms. The lowest BCUT2D eigenvalue weighted by Crippen LogP contribution is -2.51. The molecule has 0 amide bonds. The van der Waals surface area contributed by atoms with Gasteiger partial charge in [-0.25, -0.2) is 0 Å². The van der Waals surface area contributed by atoms with Crippen molar-refractivity contribution < 1.29 is 14.6 Å². The number of carbonyl (C=O) groups is 1. The molecule has 4 heteroatoms. The summed E-state index contributed by atoms with van der Waals surface area (Å²) in [6, 6.07) is 7.88. The Morgan fingerprint density at radius 3 is 2.68 bits per heavy atom.